The van der Waals surface area contributed by atoms with Gasteiger partial charge in [0.1, 0.15) is 24.3 Å². The summed E-state index contributed by atoms with van der Waals surface area (Å²) in [5.74, 6) is 1.31. The number of hydrogen-bond donors (Lipinski definition) is 2. The van der Waals surface area contributed by atoms with Crippen molar-refractivity contribution in [2.24, 2.45) is 16.5 Å². The summed E-state index contributed by atoms with van der Waals surface area (Å²) in [7, 11) is 1.55. The van der Waals surface area contributed by atoms with Gasteiger partial charge in [0.15, 0.2) is 5.65 Å². The Balaban J connectivity index is 0.00000113. The summed E-state index contributed by atoms with van der Waals surface area (Å²) in [5, 5.41) is 4.45. The predicted molar refractivity (Wildman–Crippen MR) is 160 cm³/mol. The smallest absolute Gasteiger partial charge is 0.416 e. The standard InChI is InChI=1S/C25H26N8O3.2C2H6.H2/c1-3-15-11-16(7-8-17(15)23(27)28-14-26)18-12-29-32-10-9-21(31-24(18)32)33-20(13-36-25(33)34)19-5-4-6-22(30-19)35-2;2*1-2;/h4-12,20H,3,13-14,26H2,1-2H3,(H2,27,28);2*1-2H3;1H/t20-;;;/m1.../s1. The fraction of sp³-hybridized carbons (Fsp3) is 0.345. The number of fused-ring (bicyclic) bond motifs is 1. The third kappa shape index (κ3) is 6.04. The number of aliphatic imine (C=N–C) groups is 1. The van der Waals surface area contributed by atoms with Crippen LogP contribution in [0.5, 0.6) is 5.88 Å². The van der Waals surface area contributed by atoms with Crippen LogP contribution in [-0.2, 0) is 11.2 Å². The van der Waals surface area contributed by atoms with Gasteiger partial charge in [-0.1, -0.05) is 58.9 Å². The minimum atomic E-state index is -0.491. The third-order valence-electron chi connectivity index (χ3n) is 6.10. The number of carbonyl (C=O) groups excluding carboxylic acids is 1. The van der Waals surface area contributed by atoms with Gasteiger partial charge in [-0.3, -0.25) is 4.99 Å². The SMILES string of the molecule is CC.CC.CCc1cc(-c2cnn3ccc(N4C(=O)OC[C@@H]4c4cccc(OC)n4)nc23)ccc1/C(N)=N/CN.[HH]. The molecule has 1 aliphatic rings. The molecule has 4 heterocycles. The Morgan fingerprint density at radius 1 is 1.18 bits per heavy atom. The quantitative estimate of drug-likeness (QED) is 0.243. The topological polar surface area (TPSA) is 146 Å². The minimum absolute atomic E-state index is 0. The van der Waals surface area contributed by atoms with Crippen LogP contribution in [-0.4, -0.2) is 51.9 Å². The molecule has 3 aromatic heterocycles. The second-order valence-corrected chi connectivity index (χ2v) is 8.13. The number of rotatable bonds is 7. The zero-order valence-electron chi connectivity index (χ0n) is 24.0. The molecule has 1 atom stereocenters. The molecule has 40 heavy (non-hydrogen) atoms. The zero-order valence-corrected chi connectivity index (χ0v) is 24.0. The lowest BCUT2D eigenvalue weighted by molar-refractivity contribution is 0.178. The number of methoxy groups -OCH3 is 1. The summed E-state index contributed by atoms with van der Waals surface area (Å²) in [4.78, 5) is 27.7. The van der Waals surface area contributed by atoms with Crippen molar-refractivity contribution in [1.82, 2.24) is 19.6 Å². The molecular weight excluding hydrogens is 508 g/mol. The maximum atomic E-state index is 12.7. The summed E-state index contributed by atoms with van der Waals surface area (Å²) in [6.07, 6.45) is 3.79. The highest BCUT2D eigenvalue weighted by molar-refractivity contribution is 5.99. The lowest BCUT2D eigenvalue weighted by Gasteiger charge is -2.20. The van der Waals surface area contributed by atoms with E-state index in [0.717, 1.165) is 28.7 Å². The van der Waals surface area contributed by atoms with Crippen LogP contribution < -0.4 is 21.1 Å². The number of anilines is 1. The minimum Gasteiger partial charge on any atom is -0.481 e. The number of nitrogens with two attached hydrogens (primary N) is 2. The Morgan fingerprint density at radius 3 is 2.65 bits per heavy atom. The Morgan fingerprint density at radius 2 is 1.95 bits per heavy atom. The van der Waals surface area contributed by atoms with Crippen molar-refractivity contribution in [3.63, 3.8) is 0 Å². The fourth-order valence-electron chi connectivity index (χ4n) is 4.31. The molecule has 1 aromatic carbocycles. The number of amides is 1. The van der Waals surface area contributed by atoms with Gasteiger partial charge in [0, 0.05) is 24.8 Å². The van der Waals surface area contributed by atoms with E-state index in [9.17, 15) is 4.79 Å². The lowest BCUT2D eigenvalue weighted by Crippen LogP contribution is -2.28. The van der Waals surface area contributed by atoms with E-state index in [4.69, 9.17) is 25.9 Å². The van der Waals surface area contributed by atoms with Crippen LogP contribution in [0.25, 0.3) is 16.8 Å². The van der Waals surface area contributed by atoms with E-state index in [1.807, 2.05) is 58.0 Å². The summed E-state index contributed by atoms with van der Waals surface area (Å²) in [5.41, 5.74) is 16.5. The Kier molecular flexibility index (Phi) is 10.5. The molecule has 214 valence electrons. The van der Waals surface area contributed by atoms with Crippen molar-refractivity contribution >= 4 is 23.4 Å². The van der Waals surface area contributed by atoms with Crippen molar-refractivity contribution in [3.05, 3.63) is 71.7 Å². The monoisotopic (exact) mass is 548 g/mol. The van der Waals surface area contributed by atoms with Crippen molar-refractivity contribution in [3.8, 4) is 17.0 Å². The van der Waals surface area contributed by atoms with Crippen LogP contribution in [0.3, 0.4) is 0 Å². The van der Waals surface area contributed by atoms with E-state index in [2.05, 4.69) is 22.0 Å². The Hall–Kier alpha value is -4.51. The molecular formula is C29H40N8O3. The summed E-state index contributed by atoms with van der Waals surface area (Å²) < 4.78 is 12.3. The van der Waals surface area contributed by atoms with E-state index >= 15 is 0 Å². The number of nitrogens with zero attached hydrogens (tertiary/aromatic N) is 6. The van der Waals surface area contributed by atoms with Crippen molar-refractivity contribution in [2.45, 2.75) is 47.1 Å². The van der Waals surface area contributed by atoms with Gasteiger partial charge in [-0.2, -0.15) is 5.10 Å². The lowest BCUT2D eigenvalue weighted by atomic mass is 9.98. The molecule has 4 N–H and O–H groups in total. The molecule has 0 unspecified atom stereocenters. The molecule has 11 nitrogen and oxygen atoms in total. The van der Waals surface area contributed by atoms with Gasteiger partial charge >= 0.3 is 6.09 Å². The van der Waals surface area contributed by atoms with E-state index < -0.39 is 12.1 Å². The van der Waals surface area contributed by atoms with Crippen LogP contribution in [0, 0.1) is 0 Å². The molecule has 4 aromatic rings. The summed E-state index contributed by atoms with van der Waals surface area (Å²) >= 11 is 0. The summed E-state index contributed by atoms with van der Waals surface area (Å²) in [6, 6.07) is 12.6. The number of aryl methyl sites for hydroxylation is 1. The second kappa shape index (κ2) is 14.0. The maximum Gasteiger partial charge on any atom is 0.416 e. The number of carbonyl (C=O) groups is 1. The van der Waals surface area contributed by atoms with Crippen LogP contribution in [0.2, 0.25) is 0 Å². The van der Waals surface area contributed by atoms with Gasteiger partial charge in [-0.25, -0.2) is 24.2 Å². The number of cyclic esters (lactones) is 1. The Labute approximate surface area is 236 Å². The molecule has 0 aliphatic carbocycles. The highest BCUT2D eigenvalue weighted by Gasteiger charge is 2.37. The Bertz CT molecular complexity index is 1470. The largest absolute Gasteiger partial charge is 0.481 e. The number of ether oxygens (including phenoxy) is 2. The molecule has 1 amide bonds. The first-order chi connectivity index (χ1) is 19.5. The average molecular weight is 549 g/mol. The van der Waals surface area contributed by atoms with Gasteiger partial charge in [0.25, 0.3) is 0 Å². The number of amidine groups is 1. The normalized spacial score (nSPS) is 14.7. The molecule has 5 rings (SSSR count). The highest BCUT2D eigenvalue weighted by Crippen LogP contribution is 2.33. The van der Waals surface area contributed by atoms with Gasteiger partial charge in [-0.15, -0.1) is 0 Å². The van der Waals surface area contributed by atoms with Crippen molar-refractivity contribution in [2.75, 3.05) is 25.3 Å². The molecule has 1 aliphatic heterocycles. The van der Waals surface area contributed by atoms with Crippen molar-refractivity contribution < 1.29 is 15.7 Å². The number of aromatic nitrogens is 4. The third-order valence-corrected chi connectivity index (χ3v) is 6.10. The van der Waals surface area contributed by atoms with E-state index in [1.54, 1.807) is 36.2 Å². The summed E-state index contributed by atoms with van der Waals surface area (Å²) in [6.45, 7) is 10.3. The second-order valence-electron chi connectivity index (χ2n) is 8.13. The maximum absolute atomic E-state index is 12.7. The predicted octanol–water partition coefficient (Wildman–Crippen LogP) is 4.98. The fourth-order valence-corrected chi connectivity index (χ4v) is 4.31. The molecule has 0 spiro atoms. The molecule has 1 saturated heterocycles. The first kappa shape index (κ1) is 30.0. The van der Waals surface area contributed by atoms with Gasteiger partial charge in [0.05, 0.1) is 25.7 Å². The van der Waals surface area contributed by atoms with Crippen molar-refractivity contribution in [1.29, 1.82) is 0 Å². The number of hydrogen-bond acceptors (Lipinski definition) is 8. The van der Waals surface area contributed by atoms with E-state index in [-0.39, 0.29) is 14.7 Å². The van der Waals surface area contributed by atoms with Gasteiger partial charge < -0.3 is 20.9 Å². The highest BCUT2D eigenvalue weighted by atomic mass is 16.6. The number of pyridine rings is 1. The first-order valence-corrected chi connectivity index (χ1v) is 13.5. The first-order valence-electron chi connectivity index (χ1n) is 13.5. The van der Waals surface area contributed by atoms with E-state index in [1.165, 1.54) is 4.90 Å². The average Bonchev–Trinajstić information content (AvgIpc) is 3.62. The molecule has 0 radical (unpaired) electrons. The van der Waals surface area contributed by atoms with Crippen LogP contribution in [0.15, 0.2) is 59.9 Å². The molecule has 0 saturated carbocycles. The van der Waals surface area contributed by atoms with Gasteiger partial charge in [-0.05, 0) is 29.7 Å². The van der Waals surface area contributed by atoms with Crippen LogP contribution in [0.4, 0.5) is 10.6 Å². The zero-order chi connectivity index (χ0) is 29.2. The number of benzene rings is 1. The van der Waals surface area contributed by atoms with Gasteiger partial charge in [0.2, 0.25) is 5.88 Å². The van der Waals surface area contributed by atoms with Crippen LogP contribution >= 0.6 is 0 Å². The van der Waals surface area contributed by atoms with Crippen LogP contribution in [0.1, 0.15) is 58.9 Å². The van der Waals surface area contributed by atoms with E-state index in [0.29, 0.717) is 28.9 Å². The molecule has 0 bridgehead atoms. The molecule has 11 heteroatoms. The molecule has 1 fully saturated rings.